The molecule has 1 amide bonds. The highest BCUT2D eigenvalue weighted by atomic mass is 16.6. The normalized spacial score (nSPS) is 15.9. The number of benzene rings is 1. The van der Waals surface area contributed by atoms with Gasteiger partial charge in [-0.15, -0.1) is 0 Å². The topological polar surface area (TPSA) is 102 Å². The van der Waals surface area contributed by atoms with Gasteiger partial charge >= 0.3 is 5.97 Å². The molecule has 0 spiro atoms. The van der Waals surface area contributed by atoms with Gasteiger partial charge in [-0.05, 0) is 45.4 Å². The molecule has 1 aromatic heterocycles. The van der Waals surface area contributed by atoms with Crippen molar-refractivity contribution in [2.45, 2.75) is 33.8 Å². The van der Waals surface area contributed by atoms with Gasteiger partial charge in [0.1, 0.15) is 6.61 Å². The number of aromatic nitrogens is 1. The zero-order valence-electron chi connectivity index (χ0n) is 16.3. The van der Waals surface area contributed by atoms with Crippen molar-refractivity contribution in [3.05, 3.63) is 46.8 Å². The van der Waals surface area contributed by atoms with Crippen molar-refractivity contribution in [2.75, 3.05) is 13.2 Å². The van der Waals surface area contributed by atoms with E-state index in [9.17, 15) is 9.59 Å². The van der Waals surface area contributed by atoms with Crippen molar-refractivity contribution in [1.82, 2.24) is 10.4 Å². The van der Waals surface area contributed by atoms with Crippen LogP contribution in [0.15, 0.2) is 29.4 Å². The summed E-state index contributed by atoms with van der Waals surface area (Å²) in [5, 5.41) is 4.14. The predicted molar refractivity (Wildman–Crippen MR) is 103 cm³/mol. The highest BCUT2D eigenvalue weighted by molar-refractivity contribution is 6.03. The van der Waals surface area contributed by atoms with E-state index < -0.39 is 12.0 Å². The van der Waals surface area contributed by atoms with Crippen molar-refractivity contribution >= 4 is 17.6 Å². The first-order valence-corrected chi connectivity index (χ1v) is 9.01. The van der Waals surface area contributed by atoms with Crippen LogP contribution in [0.25, 0.3) is 0 Å². The van der Waals surface area contributed by atoms with E-state index >= 15 is 0 Å². The lowest BCUT2D eigenvalue weighted by Gasteiger charge is -2.24. The molecule has 2 heterocycles. The van der Waals surface area contributed by atoms with Gasteiger partial charge in [0, 0.05) is 5.69 Å². The number of ether oxygens (including phenoxy) is 3. The molecule has 3 rings (SSSR count). The van der Waals surface area contributed by atoms with Crippen molar-refractivity contribution in [3.8, 4) is 11.5 Å². The molecule has 8 heteroatoms. The van der Waals surface area contributed by atoms with Crippen LogP contribution in [0.4, 0.5) is 0 Å². The van der Waals surface area contributed by atoms with E-state index in [1.807, 2.05) is 12.1 Å². The number of aryl methyl sites for hydroxylation is 1. The van der Waals surface area contributed by atoms with Crippen LogP contribution >= 0.6 is 0 Å². The zero-order chi connectivity index (χ0) is 20.3. The summed E-state index contributed by atoms with van der Waals surface area (Å²) < 4.78 is 16.3. The van der Waals surface area contributed by atoms with Gasteiger partial charge < -0.3 is 19.2 Å². The third-order valence-electron chi connectivity index (χ3n) is 4.41. The minimum atomic E-state index is -0.798. The molecule has 0 aliphatic carbocycles. The number of rotatable bonds is 5. The maximum atomic E-state index is 12.4. The van der Waals surface area contributed by atoms with Crippen molar-refractivity contribution in [1.29, 1.82) is 0 Å². The highest BCUT2D eigenvalue weighted by Gasteiger charge is 2.27. The second kappa shape index (κ2) is 8.16. The number of fused-ring (bicyclic) bond motifs is 1. The van der Waals surface area contributed by atoms with Crippen LogP contribution in [0.5, 0.6) is 11.5 Å². The number of amides is 1. The fourth-order valence-corrected chi connectivity index (χ4v) is 3.04. The summed E-state index contributed by atoms with van der Waals surface area (Å²) in [4.78, 5) is 27.6. The number of hydrazone groups is 1. The molecule has 0 radical (unpaired) electrons. The summed E-state index contributed by atoms with van der Waals surface area (Å²) in [5.74, 6) is 0.323. The Morgan fingerprint density at radius 2 is 2.00 bits per heavy atom. The fourth-order valence-electron chi connectivity index (χ4n) is 3.04. The van der Waals surface area contributed by atoms with Crippen LogP contribution in [0.3, 0.4) is 0 Å². The lowest BCUT2D eigenvalue weighted by atomic mass is 10.1. The molecule has 1 atom stereocenters. The second-order valence-electron chi connectivity index (χ2n) is 6.38. The number of nitrogens with one attached hydrogen (secondary N) is 2. The van der Waals surface area contributed by atoms with Gasteiger partial charge in [-0.25, -0.2) is 10.2 Å². The Bertz CT molecular complexity index is 932. The monoisotopic (exact) mass is 385 g/mol. The van der Waals surface area contributed by atoms with Gasteiger partial charge in [-0.1, -0.05) is 12.1 Å². The first-order valence-electron chi connectivity index (χ1n) is 9.01. The molecule has 1 aliphatic heterocycles. The zero-order valence-corrected chi connectivity index (χ0v) is 16.3. The van der Waals surface area contributed by atoms with Crippen molar-refractivity contribution in [2.24, 2.45) is 5.10 Å². The molecule has 1 aliphatic rings. The van der Waals surface area contributed by atoms with Gasteiger partial charge in [0.15, 0.2) is 11.5 Å². The molecule has 0 unspecified atom stereocenters. The molecule has 0 fully saturated rings. The smallest absolute Gasteiger partial charge is 0.340 e. The number of carbonyl (C=O) groups is 2. The van der Waals surface area contributed by atoms with Crippen molar-refractivity contribution < 1.29 is 23.8 Å². The van der Waals surface area contributed by atoms with E-state index in [-0.39, 0.29) is 12.6 Å². The van der Waals surface area contributed by atoms with E-state index in [0.717, 1.165) is 5.56 Å². The summed E-state index contributed by atoms with van der Waals surface area (Å²) in [5.41, 5.74) is 5.58. The second-order valence-corrected chi connectivity index (χ2v) is 6.38. The van der Waals surface area contributed by atoms with E-state index in [1.54, 1.807) is 39.8 Å². The lowest BCUT2D eigenvalue weighted by Crippen LogP contribution is -2.42. The van der Waals surface area contributed by atoms with E-state index in [4.69, 9.17) is 14.2 Å². The van der Waals surface area contributed by atoms with Gasteiger partial charge in [-0.2, -0.15) is 5.10 Å². The Balaban J connectivity index is 1.70. The van der Waals surface area contributed by atoms with Crippen LogP contribution < -0.4 is 14.9 Å². The summed E-state index contributed by atoms with van der Waals surface area (Å²) in [7, 11) is 0. The van der Waals surface area contributed by atoms with Crippen molar-refractivity contribution in [3.63, 3.8) is 0 Å². The number of para-hydroxylation sites is 2. The number of aromatic amines is 1. The van der Waals surface area contributed by atoms with Crippen LogP contribution in [0, 0.1) is 13.8 Å². The molecule has 0 saturated heterocycles. The highest BCUT2D eigenvalue weighted by Crippen LogP contribution is 2.30. The summed E-state index contributed by atoms with van der Waals surface area (Å²) in [6, 6.07) is 7.16. The predicted octanol–water partition coefficient (Wildman–Crippen LogP) is 2.49. The molecule has 0 saturated carbocycles. The first-order chi connectivity index (χ1) is 13.4. The van der Waals surface area contributed by atoms with E-state index in [1.165, 1.54) is 0 Å². The Morgan fingerprint density at radius 1 is 1.29 bits per heavy atom. The third-order valence-corrected chi connectivity index (χ3v) is 4.41. The summed E-state index contributed by atoms with van der Waals surface area (Å²) >= 11 is 0. The van der Waals surface area contributed by atoms with Gasteiger partial charge in [0.05, 0.1) is 23.6 Å². The molecule has 28 heavy (non-hydrogen) atoms. The standard InChI is InChI=1S/C20H23N3O5/c1-5-26-20(25)17-11(2)18(21-12(17)3)13(4)22-23-19(24)16-10-27-14-8-6-7-9-15(14)28-16/h6-9,16,21H,5,10H2,1-4H3,(H,23,24)/b22-13+/t16-/m0/s1. The quantitative estimate of drug-likeness (QED) is 0.468. The number of nitrogens with zero attached hydrogens (tertiary/aromatic N) is 1. The lowest BCUT2D eigenvalue weighted by molar-refractivity contribution is -0.130. The number of carbonyl (C=O) groups excluding carboxylic acids is 2. The molecule has 0 bridgehead atoms. The molecule has 1 aromatic carbocycles. The Hall–Kier alpha value is -3.29. The molecular weight excluding hydrogens is 362 g/mol. The van der Waals surface area contributed by atoms with Gasteiger partial charge in [0.25, 0.3) is 5.91 Å². The number of esters is 1. The van der Waals surface area contributed by atoms with Crippen LogP contribution in [-0.4, -0.2) is 41.9 Å². The number of H-pyrrole nitrogens is 1. The molecule has 148 valence electrons. The Kier molecular flexibility index (Phi) is 5.67. The average molecular weight is 385 g/mol. The summed E-state index contributed by atoms with van der Waals surface area (Å²) in [6.07, 6.45) is -0.798. The molecule has 8 nitrogen and oxygen atoms in total. The minimum Gasteiger partial charge on any atom is -0.485 e. The van der Waals surface area contributed by atoms with Crippen LogP contribution in [0.2, 0.25) is 0 Å². The maximum absolute atomic E-state index is 12.4. The molecular formula is C20H23N3O5. The number of hydrogen-bond donors (Lipinski definition) is 2. The Labute approximate surface area is 162 Å². The summed E-state index contributed by atoms with van der Waals surface area (Å²) in [6.45, 7) is 7.49. The fraction of sp³-hybridized carbons (Fsp3) is 0.350. The third kappa shape index (κ3) is 3.85. The van der Waals surface area contributed by atoms with Gasteiger partial charge in [0.2, 0.25) is 6.10 Å². The minimum absolute atomic E-state index is 0.102. The maximum Gasteiger partial charge on any atom is 0.340 e. The SMILES string of the molecule is CCOC(=O)c1c(C)[nH]c(/C(C)=N/NC(=O)[C@@H]2COc3ccccc3O2)c1C. The van der Waals surface area contributed by atoms with Crippen LogP contribution in [-0.2, 0) is 9.53 Å². The number of hydrogen-bond acceptors (Lipinski definition) is 6. The largest absolute Gasteiger partial charge is 0.485 e. The first kappa shape index (κ1) is 19.5. The van der Waals surface area contributed by atoms with Crippen LogP contribution in [0.1, 0.15) is 41.2 Å². The average Bonchev–Trinajstić information content (AvgIpc) is 2.99. The van der Waals surface area contributed by atoms with Gasteiger partial charge in [-0.3, -0.25) is 4.79 Å². The van der Waals surface area contributed by atoms with E-state index in [2.05, 4.69) is 15.5 Å². The van der Waals surface area contributed by atoms with E-state index in [0.29, 0.717) is 40.8 Å². The Morgan fingerprint density at radius 3 is 2.71 bits per heavy atom. The molecule has 2 aromatic rings. The molecule has 2 N–H and O–H groups in total.